The Labute approximate surface area is 218 Å². The van der Waals surface area contributed by atoms with Gasteiger partial charge in [-0.05, 0) is 73.8 Å². The summed E-state index contributed by atoms with van der Waals surface area (Å²) < 4.78 is 36.2. The Balaban J connectivity index is 1.43. The number of thiophene rings is 1. The van der Waals surface area contributed by atoms with Gasteiger partial charge in [0.05, 0.1) is 23.3 Å². The smallest absolute Gasteiger partial charge is 0.303 e. The van der Waals surface area contributed by atoms with Gasteiger partial charge in [-0.25, -0.2) is 8.78 Å². The van der Waals surface area contributed by atoms with Crippen LogP contribution in [0.4, 0.5) is 8.78 Å². The van der Waals surface area contributed by atoms with Gasteiger partial charge in [-0.1, -0.05) is 6.07 Å². The first-order chi connectivity index (χ1) is 17.4. The SMILES string of the molecule is COc1ccc2ncc(CF)c(C(F)CCC3(CC(=O)O)CCN(CCSc4cccs4)CC3)c2c1. The Morgan fingerprint density at radius 1 is 1.33 bits per heavy atom. The molecular formula is C27H32F2N2O3S2. The molecule has 3 heterocycles. The van der Waals surface area contributed by atoms with E-state index in [-0.39, 0.29) is 18.4 Å². The van der Waals surface area contributed by atoms with E-state index in [1.807, 2.05) is 17.8 Å². The van der Waals surface area contributed by atoms with Crippen LogP contribution in [0.1, 0.15) is 49.4 Å². The van der Waals surface area contributed by atoms with Gasteiger partial charge in [0.1, 0.15) is 18.6 Å². The second-order valence-electron chi connectivity index (χ2n) is 9.41. The van der Waals surface area contributed by atoms with Crippen molar-refractivity contribution >= 4 is 40.0 Å². The first-order valence-corrected chi connectivity index (χ1v) is 14.1. The van der Waals surface area contributed by atoms with Crippen LogP contribution in [0.15, 0.2) is 46.1 Å². The van der Waals surface area contributed by atoms with Gasteiger partial charge < -0.3 is 14.7 Å². The largest absolute Gasteiger partial charge is 0.497 e. The fraction of sp³-hybridized carbons (Fsp3) is 0.481. The lowest BCUT2D eigenvalue weighted by Crippen LogP contribution is -2.42. The first kappa shape index (κ1) is 26.8. The third-order valence-corrected chi connectivity index (χ3v) is 9.29. The van der Waals surface area contributed by atoms with Crippen LogP contribution < -0.4 is 4.74 Å². The predicted molar refractivity (Wildman–Crippen MR) is 142 cm³/mol. The number of benzene rings is 1. The second kappa shape index (κ2) is 12.3. The topological polar surface area (TPSA) is 62.7 Å². The predicted octanol–water partition coefficient (Wildman–Crippen LogP) is 6.91. The van der Waals surface area contributed by atoms with Crippen molar-refractivity contribution in [3.8, 4) is 5.75 Å². The molecule has 1 aromatic carbocycles. The number of hydrogen-bond acceptors (Lipinski definition) is 6. The summed E-state index contributed by atoms with van der Waals surface area (Å²) in [7, 11) is 1.53. The number of hydrogen-bond donors (Lipinski definition) is 1. The molecule has 4 rings (SSSR count). The minimum atomic E-state index is -1.42. The highest BCUT2D eigenvalue weighted by molar-refractivity contribution is 8.01. The zero-order chi connectivity index (χ0) is 25.5. The van der Waals surface area contributed by atoms with Crippen molar-refractivity contribution in [2.24, 2.45) is 5.41 Å². The standard InChI is InChI=1S/C27H32F2N2O3S2/c1-34-20-4-5-23-21(15-20)26(19(17-28)18-30-23)22(29)6-7-27(16-24(32)33)8-10-31(11-9-27)12-14-36-25-3-2-13-35-25/h2-5,13,15,18,22H,6-12,14,16-17H2,1H3,(H,32,33). The maximum Gasteiger partial charge on any atom is 0.303 e. The van der Waals surface area contributed by atoms with Crippen LogP contribution in [0.5, 0.6) is 5.75 Å². The van der Waals surface area contributed by atoms with Gasteiger partial charge in [0.25, 0.3) is 0 Å². The number of methoxy groups -OCH3 is 1. The summed E-state index contributed by atoms with van der Waals surface area (Å²) in [6, 6.07) is 9.35. The molecule has 0 aliphatic carbocycles. The number of carbonyl (C=O) groups is 1. The van der Waals surface area contributed by atoms with Crippen molar-refractivity contribution in [3.63, 3.8) is 0 Å². The fourth-order valence-electron chi connectivity index (χ4n) is 5.12. The summed E-state index contributed by atoms with van der Waals surface area (Å²) in [5.74, 6) is 0.695. The van der Waals surface area contributed by atoms with Gasteiger partial charge in [-0.2, -0.15) is 0 Å². The monoisotopic (exact) mass is 534 g/mol. The van der Waals surface area contributed by atoms with Crippen molar-refractivity contribution in [1.82, 2.24) is 9.88 Å². The molecule has 0 radical (unpaired) electrons. The maximum atomic E-state index is 15.8. The third-order valence-electron chi connectivity index (χ3n) is 7.17. The number of nitrogens with zero attached hydrogens (tertiary/aromatic N) is 2. The Bertz CT molecular complexity index is 1150. The molecule has 9 heteroatoms. The molecule has 1 aliphatic rings. The Morgan fingerprint density at radius 3 is 2.81 bits per heavy atom. The molecule has 2 aromatic heterocycles. The normalized spacial score (nSPS) is 16.8. The van der Waals surface area contributed by atoms with Crippen LogP contribution in [-0.2, 0) is 11.5 Å². The van der Waals surface area contributed by atoms with Crippen LogP contribution >= 0.6 is 23.1 Å². The number of pyridine rings is 1. The average molecular weight is 535 g/mol. The maximum absolute atomic E-state index is 15.8. The molecule has 3 aromatic rings. The number of thioether (sulfide) groups is 1. The number of carboxylic acid groups (broad SMARTS) is 1. The molecule has 5 nitrogen and oxygen atoms in total. The molecule has 1 fully saturated rings. The Kier molecular flexibility index (Phi) is 9.19. The van der Waals surface area contributed by atoms with Crippen LogP contribution in [0, 0.1) is 5.41 Å². The van der Waals surface area contributed by atoms with Crippen LogP contribution in [0.2, 0.25) is 0 Å². The number of carboxylic acids is 1. The number of aliphatic carboxylic acids is 1. The summed E-state index contributed by atoms with van der Waals surface area (Å²) >= 11 is 3.58. The lowest BCUT2D eigenvalue weighted by molar-refractivity contribution is -0.141. The summed E-state index contributed by atoms with van der Waals surface area (Å²) in [6.07, 6.45) is 2.03. The summed E-state index contributed by atoms with van der Waals surface area (Å²) in [5.41, 5.74) is 0.660. The summed E-state index contributed by atoms with van der Waals surface area (Å²) in [4.78, 5) is 18.4. The van der Waals surface area contributed by atoms with Crippen LogP contribution in [0.3, 0.4) is 0 Å². The van der Waals surface area contributed by atoms with Gasteiger partial charge >= 0.3 is 5.97 Å². The third kappa shape index (κ3) is 6.55. The number of aromatic nitrogens is 1. The number of halogens is 2. The summed E-state index contributed by atoms with van der Waals surface area (Å²) in [6.45, 7) is 1.75. The summed E-state index contributed by atoms with van der Waals surface area (Å²) in [5, 5.41) is 12.2. The van der Waals surface area contributed by atoms with Crippen molar-refractivity contribution in [3.05, 3.63) is 53.0 Å². The van der Waals surface area contributed by atoms with Gasteiger partial charge in [0, 0.05) is 35.0 Å². The molecule has 1 N–H and O–H groups in total. The number of piperidine rings is 1. The molecule has 1 saturated heterocycles. The molecule has 1 unspecified atom stereocenters. The van der Waals surface area contributed by atoms with E-state index in [1.54, 1.807) is 29.5 Å². The molecule has 0 saturated carbocycles. The fourth-order valence-corrected chi connectivity index (χ4v) is 6.98. The first-order valence-electron chi connectivity index (χ1n) is 12.2. The molecule has 194 valence electrons. The number of ether oxygens (including phenoxy) is 1. The highest BCUT2D eigenvalue weighted by Gasteiger charge is 2.37. The van der Waals surface area contributed by atoms with E-state index in [2.05, 4.69) is 21.3 Å². The second-order valence-corrected chi connectivity index (χ2v) is 11.8. The number of likely N-dealkylation sites (tertiary alicyclic amines) is 1. The number of fused-ring (bicyclic) bond motifs is 1. The molecule has 1 aliphatic heterocycles. The minimum absolute atomic E-state index is 0.0262. The van der Waals surface area contributed by atoms with E-state index in [1.165, 1.54) is 17.5 Å². The molecule has 0 spiro atoms. The van der Waals surface area contributed by atoms with Crippen LogP contribution in [-0.4, -0.2) is 53.5 Å². The van der Waals surface area contributed by atoms with Gasteiger partial charge in [0.15, 0.2) is 0 Å². The highest BCUT2D eigenvalue weighted by Crippen LogP contribution is 2.43. The average Bonchev–Trinajstić information content (AvgIpc) is 3.40. The zero-order valence-corrected chi connectivity index (χ0v) is 22.1. The van der Waals surface area contributed by atoms with E-state index in [4.69, 9.17) is 4.74 Å². The Morgan fingerprint density at radius 2 is 2.14 bits per heavy atom. The van der Waals surface area contributed by atoms with Crippen molar-refractivity contribution in [2.45, 2.75) is 49.2 Å². The molecule has 0 bridgehead atoms. The van der Waals surface area contributed by atoms with Crippen molar-refractivity contribution in [2.75, 3.05) is 32.5 Å². The lowest BCUT2D eigenvalue weighted by Gasteiger charge is -2.41. The van der Waals surface area contributed by atoms with E-state index >= 15 is 4.39 Å². The number of alkyl halides is 2. The lowest BCUT2D eigenvalue weighted by atomic mass is 9.71. The molecule has 0 amide bonds. The van der Waals surface area contributed by atoms with Crippen LogP contribution in [0.25, 0.3) is 10.9 Å². The van der Waals surface area contributed by atoms with E-state index < -0.39 is 24.2 Å². The van der Waals surface area contributed by atoms with Gasteiger partial charge in [-0.15, -0.1) is 23.1 Å². The Hall–Kier alpha value is -2.23. The van der Waals surface area contributed by atoms with E-state index in [9.17, 15) is 14.3 Å². The van der Waals surface area contributed by atoms with E-state index in [0.717, 1.165) is 38.2 Å². The molecular weight excluding hydrogens is 502 g/mol. The van der Waals surface area contributed by atoms with Gasteiger partial charge in [0.2, 0.25) is 0 Å². The van der Waals surface area contributed by atoms with Crippen molar-refractivity contribution < 1.29 is 23.4 Å². The number of rotatable bonds is 12. The van der Waals surface area contributed by atoms with Crippen molar-refractivity contribution in [1.29, 1.82) is 0 Å². The highest BCUT2D eigenvalue weighted by atomic mass is 32.2. The molecule has 36 heavy (non-hydrogen) atoms. The molecule has 1 atom stereocenters. The van der Waals surface area contributed by atoms with E-state index in [0.29, 0.717) is 28.6 Å². The quantitative estimate of drug-likeness (QED) is 0.255. The zero-order valence-electron chi connectivity index (χ0n) is 20.4. The van der Waals surface area contributed by atoms with Gasteiger partial charge in [-0.3, -0.25) is 9.78 Å². The minimum Gasteiger partial charge on any atom is -0.497 e.